The van der Waals surface area contributed by atoms with E-state index in [9.17, 15) is 0 Å². The van der Waals surface area contributed by atoms with E-state index in [0.29, 0.717) is 0 Å². The molecule has 0 aliphatic carbocycles. The maximum atomic E-state index is 4.04. The summed E-state index contributed by atoms with van der Waals surface area (Å²) >= 11 is 0. The molecule has 0 fully saturated rings. The standard InChI is InChI=1S/C24H25N/c1-3-18-24(21-10-6-4-7-11-21,22-12-8-5-9-13-22)19-25-23-16-14-20(2)15-17-23/h3-17,25H,1,18-19H2,2H3. The first-order valence-corrected chi connectivity index (χ1v) is 8.77. The predicted octanol–water partition coefficient (Wildman–Crippen LogP) is 5.97. The molecule has 0 amide bonds. The van der Waals surface area contributed by atoms with Crippen LogP contribution in [0.5, 0.6) is 0 Å². The molecule has 0 unspecified atom stereocenters. The first-order chi connectivity index (χ1) is 12.2. The first kappa shape index (κ1) is 17.0. The van der Waals surface area contributed by atoms with Gasteiger partial charge in [0.2, 0.25) is 0 Å². The molecule has 0 aliphatic rings. The van der Waals surface area contributed by atoms with Gasteiger partial charge in [-0.1, -0.05) is 84.4 Å². The molecule has 3 rings (SSSR count). The fraction of sp³-hybridized carbons (Fsp3) is 0.167. The molecule has 3 aromatic carbocycles. The van der Waals surface area contributed by atoms with E-state index < -0.39 is 0 Å². The van der Waals surface area contributed by atoms with Crippen molar-refractivity contribution in [3.05, 3.63) is 114 Å². The smallest absolute Gasteiger partial charge is 0.0409 e. The molecule has 25 heavy (non-hydrogen) atoms. The number of rotatable bonds is 7. The molecule has 0 radical (unpaired) electrons. The number of aryl methyl sites for hydroxylation is 1. The Labute approximate surface area is 151 Å². The van der Waals surface area contributed by atoms with Crippen LogP contribution in [0.4, 0.5) is 5.69 Å². The number of allylic oxidation sites excluding steroid dienone is 1. The molecule has 0 spiro atoms. The Bertz CT molecular complexity index is 749. The van der Waals surface area contributed by atoms with Crippen molar-refractivity contribution in [2.75, 3.05) is 11.9 Å². The van der Waals surface area contributed by atoms with E-state index in [2.05, 4.69) is 104 Å². The highest BCUT2D eigenvalue weighted by molar-refractivity contribution is 5.48. The fourth-order valence-corrected chi connectivity index (χ4v) is 3.36. The summed E-state index contributed by atoms with van der Waals surface area (Å²) in [6.07, 6.45) is 2.90. The van der Waals surface area contributed by atoms with E-state index >= 15 is 0 Å². The fourth-order valence-electron chi connectivity index (χ4n) is 3.36. The number of benzene rings is 3. The lowest BCUT2D eigenvalue weighted by molar-refractivity contribution is 0.550. The Kier molecular flexibility index (Phi) is 5.35. The zero-order valence-corrected chi connectivity index (χ0v) is 14.8. The zero-order chi connectivity index (χ0) is 17.5. The molecular formula is C24H25N. The van der Waals surface area contributed by atoms with Crippen molar-refractivity contribution in [2.24, 2.45) is 0 Å². The SMILES string of the molecule is C=CCC(CNc1ccc(C)cc1)(c1ccccc1)c1ccccc1. The summed E-state index contributed by atoms with van der Waals surface area (Å²) in [5, 5.41) is 3.65. The number of hydrogen-bond donors (Lipinski definition) is 1. The van der Waals surface area contributed by atoms with Crippen molar-refractivity contribution < 1.29 is 0 Å². The third kappa shape index (κ3) is 3.83. The minimum absolute atomic E-state index is 0.144. The lowest BCUT2D eigenvalue weighted by Crippen LogP contribution is -2.35. The molecule has 3 aromatic rings. The number of hydrogen-bond acceptors (Lipinski definition) is 1. The Morgan fingerprint density at radius 3 is 1.80 bits per heavy atom. The van der Waals surface area contributed by atoms with Crippen molar-refractivity contribution >= 4 is 5.69 Å². The molecule has 126 valence electrons. The molecular weight excluding hydrogens is 302 g/mol. The normalized spacial score (nSPS) is 11.1. The molecule has 0 saturated heterocycles. The van der Waals surface area contributed by atoms with Gasteiger partial charge in [0.25, 0.3) is 0 Å². The molecule has 0 heterocycles. The van der Waals surface area contributed by atoms with Crippen LogP contribution < -0.4 is 5.32 Å². The summed E-state index contributed by atoms with van der Waals surface area (Å²) < 4.78 is 0. The highest BCUT2D eigenvalue weighted by Gasteiger charge is 2.32. The van der Waals surface area contributed by atoms with Gasteiger partial charge in [0.1, 0.15) is 0 Å². The van der Waals surface area contributed by atoms with Gasteiger partial charge in [-0.3, -0.25) is 0 Å². The Morgan fingerprint density at radius 2 is 1.32 bits per heavy atom. The summed E-state index contributed by atoms with van der Waals surface area (Å²) in [7, 11) is 0. The Balaban J connectivity index is 2.01. The van der Waals surface area contributed by atoms with E-state index in [1.807, 2.05) is 6.08 Å². The highest BCUT2D eigenvalue weighted by Crippen LogP contribution is 2.36. The maximum Gasteiger partial charge on any atom is 0.0409 e. The molecule has 0 atom stereocenters. The minimum Gasteiger partial charge on any atom is -0.384 e. The second kappa shape index (κ2) is 7.85. The summed E-state index contributed by atoms with van der Waals surface area (Å²) in [4.78, 5) is 0. The van der Waals surface area contributed by atoms with Crippen LogP contribution in [-0.2, 0) is 5.41 Å². The largest absolute Gasteiger partial charge is 0.384 e. The average molecular weight is 327 g/mol. The zero-order valence-electron chi connectivity index (χ0n) is 14.8. The van der Waals surface area contributed by atoms with E-state index in [-0.39, 0.29) is 5.41 Å². The van der Waals surface area contributed by atoms with E-state index in [4.69, 9.17) is 0 Å². The quantitative estimate of drug-likeness (QED) is 0.527. The first-order valence-electron chi connectivity index (χ1n) is 8.77. The van der Waals surface area contributed by atoms with Crippen molar-refractivity contribution in [2.45, 2.75) is 18.8 Å². The van der Waals surface area contributed by atoms with Crippen LogP contribution in [0, 0.1) is 6.92 Å². The van der Waals surface area contributed by atoms with Gasteiger partial charge in [-0.15, -0.1) is 6.58 Å². The minimum atomic E-state index is -0.144. The van der Waals surface area contributed by atoms with E-state index in [0.717, 1.165) is 18.7 Å². The monoisotopic (exact) mass is 327 g/mol. The second-order valence-electron chi connectivity index (χ2n) is 6.53. The highest BCUT2D eigenvalue weighted by atomic mass is 14.9. The lowest BCUT2D eigenvalue weighted by atomic mass is 9.72. The third-order valence-corrected chi connectivity index (χ3v) is 4.79. The average Bonchev–Trinajstić information content (AvgIpc) is 2.68. The van der Waals surface area contributed by atoms with Gasteiger partial charge < -0.3 is 5.32 Å². The molecule has 1 N–H and O–H groups in total. The van der Waals surface area contributed by atoms with Gasteiger partial charge in [0, 0.05) is 17.6 Å². The van der Waals surface area contributed by atoms with Crippen LogP contribution in [-0.4, -0.2) is 6.54 Å². The van der Waals surface area contributed by atoms with Crippen LogP contribution in [0.25, 0.3) is 0 Å². The molecule has 1 nitrogen and oxygen atoms in total. The maximum absolute atomic E-state index is 4.04. The van der Waals surface area contributed by atoms with Crippen LogP contribution in [0.15, 0.2) is 97.6 Å². The van der Waals surface area contributed by atoms with Crippen molar-refractivity contribution in [1.29, 1.82) is 0 Å². The summed E-state index contributed by atoms with van der Waals surface area (Å²) in [5.74, 6) is 0. The Hall–Kier alpha value is -2.80. The topological polar surface area (TPSA) is 12.0 Å². The van der Waals surface area contributed by atoms with Gasteiger partial charge in [-0.25, -0.2) is 0 Å². The van der Waals surface area contributed by atoms with Crippen molar-refractivity contribution in [1.82, 2.24) is 0 Å². The molecule has 0 aromatic heterocycles. The third-order valence-electron chi connectivity index (χ3n) is 4.79. The number of anilines is 1. The van der Waals surface area contributed by atoms with Crippen LogP contribution in [0.3, 0.4) is 0 Å². The van der Waals surface area contributed by atoms with Crippen LogP contribution in [0.2, 0.25) is 0 Å². The lowest BCUT2D eigenvalue weighted by Gasteiger charge is -2.35. The van der Waals surface area contributed by atoms with E-state index in [1.165, 1.54) is 16.7 Å². The van der Waals surface area contributed by atoms with Crippen LogP contribution in [0.1, 0.15) is 23.1 Å². The summed E-state index contributed by atoms with van der Waals surface area (Å²) in [5.41, 5.74) is 4.89. The van der Waals surface area contributed by atoms with Gasteiger partial charge in [-0.2, -0.15) is 0 Å². The Morgan fingerprint density at radius 1 is 0.800 bits per heavy atom. The summed E-state index contributed by atoms with van der Waals surface area (Å²) in [6.45, 7) is 6.96. The van der Waals surface area contributed by atoms with Gasteiger partial charge >= 0.3 is 0 Å². The van der Waals surface area contributed by atoms with Gasteiger partial charge in [0.15, 0.2) is 0 Å². The molecule has 1 heteroatoms. The van der Waals surface area contributed by atoms with Crippen LogP contribution >= 0.6 is 0 Å². The molecule has 0 aliphatic heterocycles. The van der Waals surface area contributed by atoms with Gasteiger partial charge in [-0.05, 0) is 36.6 Å². The molecule has 0 saturated carbocycles. The summed E-state index contributed by atoms with van der Waals surface area (Å²) in [6, 6.07) is 30.0. The van der Waals surface area contributed by atoms with E-state index in [1.54, 1.807) is 0 Å². The number of nitrogens with one attached hydrogen (secondary N) is 1. The second-order valence-corrected chi connectivity index (χ2v) is 6.53. The van der Waals surface area contributed by atoms with Crippen molar-refractivity contribution in [3.8, 4) is 0 Å². The predicted molar refractivity (Wildman–Crippen MR) is 108 cm³/mol. The van der Waals surface area contributed by atoms with Gasteiger partial charge in [0.05, 0.1) is 0 Å². The van der Waals surface area contributed by atoms with Crippen molar-refractivity contribution in [3.63, 3.8) is 0 Å². The molecule has 0 bridgehead atoms.